The summed E-state index contributed by atoms with van der Waals surface area (Å²) in [7, 11) is 0.904. The summed E-state index contributed by atoms with van der Waals surface area (Å²) in [4.78, 5) is 2.09. The second-order valence-electron chi connectivity index (χ2n) is 2.17. The van der Waals surface area contributed by atoms with E-state index in [4.69, 9.17) is 5.14 Å². The minimum absolute atomic E-state index is 0.236. The van der Waals surface area contributed by atoms with Gasteiger partial charge in [-0.25, -0.2) is 4.21 Å². The fraction of sp³-hybridized carbons (Fsp3) is 1.00. The predicted molar refractivity (Wildman–Crippen MR) is 33.6 cm³/mol. The fourth-order valence-corrected chi connectivity index (χ4v) is 1.59. The van der Waals surface area contributed by atoms with Crippen molar-refractivity contribution in [3.8, 4) is 0 Å². The van der Waals surface area contributed by atoms with Crippen molar-refractivity contribution >= 4 is 11.0 Å². The highest BCUT2D eigenvalue weighted by Gasteiger charge is 2.26. The normalized spacial score (nSPS) is 27.2. The second kappa shape index (κ2) is 2.13. The molecule has 0 amide bonds. The Labute approximate surface area is 51.4 Å². The van der Waals surface area contributed by atoms with Crippen LogP contribution in [0, 0.1) is 0 Å². The number of hydrogen-bond donors (Lipinski definition) is 1. The molecule has 1 unspecified atom stereocenters. The number of nitrogens with zero attached hydrogens (tertiary/aromatic N) is 1. The first-order valence-corrected chi connectivity index (χ1v) is 3.81. The van der Waals surface area contributed by atoms with Gasteiger partial charge in [-0.1, -0.05) is 0 Å². The summed E-state index contributed by atoms with van der Waals surface area (Å²) in [5, 5.41) is 5.34. The average molecular weight is 134 g/mol. The molecule has 0 aromatic carbocycles. The molecular formula is C4H10N2OS. The van der Waals surface area contributed by atoms with Gasteiger partial charge in [0.15, 0.2) is 0 Å². The van der Waals surface area contributed by atoms with E-state index < -0.39 is 11.0 Å². The van der Waals surface area contributed by atoms with E-state index in [2.05, 4.69) is 4.90 Å². The summed E-state index contributed by atoms with van der Waals surface area (Å²) in [6.45, 7) is 1.78. The molecule has 0 bridgehead atoms. The Bertz CT molecular complexity index is 111. The van der Waals surface area contributed by atoms with Crippen molar-refractivity contribution in [2.75, 3.05) is 20.1 Å². The maximum atomic E-state index is 10.4. The maximum absolute atomic E-state index is 10.4. The van der Waals surface area contributed by atoms with Gasteiger partial charge in [-0.2, -0.15) is 0 Å². The first-order chi connectivity index (χ1) is 3.70. The molecule has 8 heavy (non-hydrogen) atoms. The summed E-state index contributed by atoms with van der Waals surface area (Å²) in [6, 6.07) is 0. The van der Waals surface area contributed by atoms with Gasteiger partial charge in [0.05, 0.1) is 16.2 Å². The Hall–Kier alpha value is 0.0700. The second-order valence-corrected chi connectivity index (χ2v) is 3.50. The number of rotatable bonds is 1. The lowest BCUT2D eigenvalue weighted by molar-refractivity contribution is 0.236. The molecule has 1 atom stereocenters. The zero-order chi connectivity index (χ0) is 6.15. The Kier molecular flexibility index (Phi) is 1.65. The topological polar surface area (TPSA) is 46.3 Å². The predicted octanol–water partition coefficient (Wildman–Crippen LogP) is -1.08. The highest BCUT2D eigenvalue weighted by Crippen LogP contribution is 2.07. The Morgan fingerprint density at radius 2 is 2.25 bits per heavy atom. The van der Waals surface area contributed by atoms with E-state index in [1.165, 1.54) is 0 Å². The van der Waals surface area contributed by atoms with E-state index in [9.17, 15) is 4.21 Å². The van der Waals surface area contributed by atoms with Gasteiger partial charge in [0.1, 0.15) is 0 Å². The van der Waals surface area contributed by atoms with Crippen LogP contribution in [-0.2, 0) is 11.0 Å². The van der Waals surface area contributed by atoms with Crippen LogP contribution in [0.5, 0.6) is 0 Å². The highest BCUT2D eigenvalue weighted by molar-refractivity contribution is 7.83. The van der Waals surface area contributed by atoms with E-state index in [0.717, 1.165) is 13.1 Å². The summed E-state index contributed by atoms with van der Waals surface area (Å²) in [5.41, 5.74) is 0. The Morgan fingerprint density at radius 1 is 1.75 bits per heavy atom. The van der Waals surface area contributed by atoms with Crippen LogP contribution in [0.2, 0.25) is 0 Å². The van der Waals surface area contributed by atoms with Crippen LogP contribution in [0.3, 0.4) is 0 Å². The fourth-order valence-electron chi connectivity index (χ4n) is 0.789. The summed E-state index contributed by atoms with van der Waals surface area (Å²) in [6.07, 6.45) is 0. The molecule has 1 aliphatic rings. The van der Waals surface area contributed by atoms with Crippen molar-refractivity contribution in [1.29, 1.82) is 0 Å². The first kappa shape index (κ1) is 6.19. The SMILES string of the molecule is CN1CC(S(N)=O)C1. The third-order valence-electron chi connectivity index (χ3n) is 1.36. The molecule has 0 saturated carbocycles. The smallest absolute Gasteiger partial charge is 0.0945 e. The zero-order valence-corrected chi connectivity index (χ0v) is 5.65. The maximum Gasteiger partial charge on any atom is 0.0945 e. The molecule has 48 valence electrons. The summed E-state index contributed by atoms with van der Waals surface area (Å²) >= 11 is 0. The van der Waals surface area contributed by atoms with E-state index in [0.29, 0.717) is 0 Å². The standard InChI is InChI=1S/C4H10N2OS/c1-6-2-4(3-6)8(5)7/h4H,2-3,5H2,1H3. The van der Waals surface area contributed by atoms with E-state index in [1.807, 2.05) is 7.05 Å². The molecule has 0 aromatic heterocycles. The highest BCUT2D eigenvalue weighted by atomic mass is 32.2. The number of likely N-dealkylation sites (tertiary alicyclic amines) is 1. The molecule has 0 aromatic rings. The van der Waals surface area contributed by atoms with Crippen molar-refractivity contribution in [2.45, 2.75) is 5.25 Å². The van der Waals surface area contributed by atoms with E-state index in [1.54, 1.807) is 0 Å². The van der Waals surface area contributed by atoms with Gasteiger partial charge in [-0.3, -0.25) is 5.14 Å². The van der Waals surface area contributed by atoms with Crippen LogP contribution < -0.4 is 5.14 Å². The average Bonchev–Trinajstić information content (AvgIpc) is 1.57. The van der Waals surface area contributed by atoms with Gasteiger partial charge in [0, 0.05) is 13.1 Å². The Balaban J connectivity index is 2.25. The summed E-state index contributed by atoms with van der Waals surface area (Å²) < 4.78 is 10.4. The molecule has 0 radical (unpaired) electrons. The lowest BCUT2D eigenvalue weighted by atomic mass is 10.2. The van der Waals surface area contributed by atoms with Crippen LogP contribution in [0.25, 0.3) is 0 Å². The van der Waals surface area contributed by atoms with Crippen molar-refractivity contribution in [3.63, 3.8) is 0 Å². The van der Waals surface area contributed by atoms with Crippen LogP contribution >= 0.6 is 0 Å². The van der Waals surface area contributed by atoms with Crippen molar-refractivity contribution in [2.24, 2.45) is 5.14 Å². The van der Waals surface area contributed by atoms with Crippen LogP contribution in [0.1, 0.15) is 0 Å². The van der Waals surface area contributed by atoms with Gasteiger partial charge in [-0.15, -0.1) is 0 Å². The molecular weight excluding hydrogens is 124 g/mol. The largest absolute Gasteiger partial charge is 0.304 e. The minimum Gasteiger partial charge on any atom is -0.304 e. The third kappa shape index (κ3) is 1.07. The molecule has 4 heteroatoms. The molecule has 2 N–H and O–H groups in total. The molecule has 1 saturated heterocycles. The number of hydrogen-bond acceptors (Lipinski definition) is 2. The molecule has 1 fully saturated rings. The van der Waals surface area contributed by atoms with Gasteiger partial charge in [0.25, 0.3) is 0 Å². The molecule has 1 aliphatic heterocycles. The number of nitrogens with two attached hydrogens (primary N) is 1. The van der Waals surface area contributed by atoms with Crippen molar-refractivity contribution in [3.05, 3.63) is 0 Å². The van der Waals surface area contributed by atoms with Crippen molar-refractivity contribution in [1.82, 2.24) is 4.90 Å². The molecule has 1 heterocycles. The van der Waals surface area contributed by atoms with Crippen LogP contribution in [0.15, 0.2) is 0 Å². The van der Waals surface area contributed by atoms with Gasteiger partial charge in [-0.05, 0) is 7.05 Å². The lowest BCUT2D eigenvalue weighted by Crippen LogP contribution is -2.52. The zero-order valence-electron chi connectivity index (χ0n) is 4.83. The van der Waals surface area contributed by atoms with Crippen molar-refractivity contribution < 1.29 is 4.21 Å². The van der Waals surface area contributed by atoms with E-state index in [-0.39, 0.29) is 5.25 Å². The summed E-state index contributed by atoms with van der Waals surface area (Å²) in [5.74, 6) is 0. The minimum atomic E-state index is -1.09. The Morgan fingerprint density at radius 3 is 2.38 bits per heavy atom. The molecule has 3 nitrogen and oxygen atoms in total. The van der Waals surface area contributed by atoms with Gasteiger partial charge < -0.3 is 4.90 Å². The third-order valence-corrected chi connectivity index (χ3v) is 2.31. The van der Waals surface area contributed by atoms with Gasteiger partial charge >= 0.3 is 0 Å². The van der Waals surface area contributed by atoms with E-state index >= 15 is 0 Å². The van der Waals surface area contributed by atoms with Gasteiger partial charge in [0.2, 0.25) is 0 Å². The first-order valence-electron chi connectivity index (χ1n) is 2.53. The molecule has 0 spiro atoms. The van der Waals surface area contributed by atoms with Crippen LogP contribution in [0.4, 0.5) is 0 Å². The molecule has 0 aliphatic carbocycles. The van der Waals surface area contributed by atoms with Crippen LogP contribution in [-0.4, -0.2) is 34.5 Å². The lowest BCUT2D eigenvalue weighted by Gasteiger charge is -2.33. The molecule has 1 rings (SSSR count). The quantitative estimate of drug-likeness (QED) is 0.496. The monoisotopic (exact) mass is 134 g/mol.